The molecule has 2 atom stereocenters. The molecule has 1 saturated heterocycles. The molecule has 2 rings (SSSR count). The zero-order valence-electron chi connectivity index (χ0n) is 11.8. The predicted molar refractivity (Wildman–Crippen MR) is 76.4 cm³/mol. The van der Waals surface area contributed by atoms with Crippen LogP contribution in [0.4, 0.5) is 5.69 Å². The van der Waals surface area contributed by atoms with Crippen molar-refractivity contribution in [2.45, 2.75) is 26.9 Å². The Bertz CT molecular complexity index is 446. The quantitative estimate of drug-likeness (QED) is 0.875. The largest absolute Gasteiger partial charge is 0.489 e. The molecule has 0 aromatic heterocycles. The minimum atomic E-state index is 0.0344. The zero-order chi connectivity index (χ0) is 13.8. The van der Waals surface area contributed by atoms with Crippen LogP contribution in [0.3, 0.4) is 0 Å². The van der Waals surface area contributed by atoms with E-state index in [2.05, 4.69) is 17.6 Å². The fraction of sp³-hybridized carbons (Fsp3) is 0.533. The normalized spacial score (nSPS) is 22.5. The lowest BCUT2D eigenvalue weighted by atomic mass is 9.97. The van der Waals surface area contributed by atoms with E-state index >= 15 is 0 Å². The maximum absolute atomic E-state index is 12.3. The van der Waals surface area contributed by atoms with Gasteiger partial charge in [0.05, 0.1) is 17.7 Å². The van der Waals surface area contributed by atoms with Crippen molar-refractivity contribution in [3.8, 4) is 5.75 Å². The topological polar surface area (TPSA) is 50.4 Å². The molecule has 2 N–H and O–H groups in total. The Labute approximate surface area is 114 Å². The van der Waals surface area contributed by atoms with Crippen LogP contribution < -0.4 is 15.4 Å². The van der Waals surface area contributed by atoms with Gasteiger partial charge < -0.3 is 15.4 Å². The van der Waals surface area contributed by atoms with E-state index in [9.17, 15) is 4.79 Å². The Morgan fingerprint density at radius 3 is 2.74 bits per heavy atom. The van der Waals surface area contributed by atoms with Crippen molar-refractivity contribution in [3.05, 3.63) is 24.3 Å². The third kappa shape index (κ3) is 3.47. The van der Waals surface area contributed by atoms with Gasteiger partial charge in [-0.2, -0.15) is 0 Å². The number of rotatable bonds is 4. The summed E-state index contributed by atoms with van der Waals surface area (Å²) in [7, 11) is 0. The van der Waals surface area contributed by atoms with Crippen molar-refractivity contribution in [1.82, 2.24) is 5.32 Å². The number of hydrogen-bond donors (Lipinski definition) is 2. The Balaban J connectivity index is 2.08. The van der Waals surface area contributed by atoms with Crippen LogP contribution in [0.25, 0.3) is 0 Å². The smallest absolute Gasteiger partial charge is 0.229 e. The Hall–Kier alpha value is -1.55. The summed E-state index contributed by atoms with van der Waals surface area (Å²) in [5.41, 5.74) is 0.750. The van der Waals surface area contributed by atoms with Crippen LogP contribution in [0.1, 0.15) is 20.8 Å². The van der Waals surface area contributed by atoms with Gasteiger partial charge in [-0.15, -0.1) is 0 Å². The van der Waals surface area contributed by atoms with Crippen LogP contribution in [0.15, 0.2) is 24.3 Å². The van der Waals surface area contributed by atoms with Crippen molar-refractivity contribution in [2.75, 3.05) is 18.4 Å². The van der Waals surface area contributed by atoms with Crippen LogP contribution in [-0.2, 0) is 4.79 Å². The van der Waals surface area contributed by atoms with Gasteiger partial charge in [-0.1, -0.05) is 19.1 Å². The lowest BCUT2D eigenvalue weighted by molar-refractivity contribution is -0.120. The molecule has 104 valence electrons. The Morgan fingerprint density at radius 1 is 1.37 bits per heavy atom. The molecular weight excluding hydrogens is 240 g/mol. The third-order valence-corrected chi connectivity index (χ3v) is 3.36. The third-order valence-electron chi connectivity index (χ3n) is 3.36. The number of amides is 1. The molecule has 0 spiro atoms. The van der Waals surface area contributed by atoms with E-state index in [0.29, 0.717) is 5.92 Å². The standard InChI is InChI=1S/C15H22N2O2/c1-10(2)19-14-7-5-4-6-13(14)17-15(18)12-9-16-8-11(12)3/h4-7,10-12,16H,8-9H2,1-3H3,(H,17,18). The highest BCUT2D eigenvalue weighted by Crippen LogP contribution is 2.26. The molecule has 4 heteroatoms. The molecule has 0 saturated carbocycles. The summed E-state index contributed by atoms with van der Waals surface area (Å²) in [4.78, 5) is 12.3. The predicted octanol–water partition coefficient (Wildman–Crippen LogP) is 2.27. The van der Waals surface area contributed by atoms with Crippen molar-refractivity contribution in [3.63, 3.8) is 0 Å². The molecule has 0 radical (unpaired) electrons. The molecule has 0 bridgehead atoms. The summed E-state index contributed by atoms with van der Waals surface area (Å²) in [6.07, 6.45) is 0.0881. The number of carbonyl (C=O) groups excluding carboxylic acids is 1. The van der Waals surface area contributed by atoms with E-state index in [0.717, 1.165) is 24.5 Å². The average molecular weight is 262 g/mol. The number of ether oxygens (including phenoxy) is 1. The maximum atomic E-state index is 12.3. The lowest BCUT2D eigenvalue weighted by Crippen LogP contribution is -2.28. The first-order valence-electron chi connectivity index (χ1n) is 6.85. The summed E-state index contributed by atoms with van der Waals surface area (Å²) < 4.78 is 5.71. The fourth-order valence-electron chi connectivity index (χ4n) is 2.31. The molecule has 1 aromatic carbocycles. The van der Waals surface area contributed by atoms with Gasteiger partial charge in [0.2, 0.25) is 5.91 Å². The molecule has 1 aromatic rings. The molecule has 2 unspecified atom stereocenters. The molecular formula is C15H22N2O2. The van der Waals surface area contributed by atoms with Crippen LogP contribution in [-0.4, -0.2) is 25.1 Å². The first-order valence-corrected chi connectivity index (χ1v) is 6.85. The zero-order valence-corrected chi connectivity index (χ0v) is 11.8. The van der Waals surface area contributed by atoms with E-state index in [-0.39, 0.29) is 17.9 Å². The highest BCUT2D eigenvalue weighted by molar-refractivity contribution is 5.94. The second-order valence-electron chi connectivity index (χ2n) is 5.39. The number of para-hydroxylation sites is 2. The van der Waals surface area contributed by atoms with E-state index in [1.807, 2.05) is 38.1 Å². The van der Waals surface area contributed by atoms with Gasteiger partial charge in [-0.05, 0) is 38.4 Å². The van der Waals surface area contributed by atoms with E-state index in [1.54, 1.807) is 0 Å². The van der Waals surface area contributed by atoms with Gasteiger partial charge in [0.15, 0.2) is 0 Å². The summed E-state index contributed by atoms with van der Waals surface area (Å²) in [6.45, 7) is 7.70. The van der Waals surface area contributed by atoms with Gasteiger partial charge in [-0.25, -0.2) is 0 Å². The molecule has 1 aliphatic heterocycles. The number of carbonyl (C=O) groups is 1. The van der Waals surface area contributed by atoms with Crippen LogP contribution in [0.5, 0.6) is 5.75 Å². The second-order valence-corrected chi connectivity index (χ2v) is 5.39. The fourth-order valence-corrected chi connectivity index (χ4v) is 2.31. The monoisotopic (exact) mass is 262 g/mol. The van der Waals surface area contributed by atoms with Gasteiger partial charge in [0, 0.05) is 6.54 Å². The van der Waals surface area contributed by atoms with Crippen molar-refractivity contribution in [2.24, 2.45) is 11.8 Å². The molecule has 1 fully saturated rings. The molecule has 1 heterocycles. The molecule has 19 heavy (non-hydrogen) atoms. The molecule has 4 nitrogen and oxygen atoms in total. The van der Waals surface area contributed by atoms with Crippen LogP contribution in [0, 0.1) is 11.8 Å². The SMILES string of the molecule is CC(C)Oc1ccccc1NC(=O)C1CNCC1C. The second kappa shape index (κ2) is 6.06. The minimum absolute atomic E-state index is 0.0344. The van der Waals surface area contributed by atoms with Gasteiger partial charge in [-0.3, -0.25) is 4.79 Å². The molecule has 0 aliphatic carbocycles. The van der Waals surface area contributed by atoms with Gasteiger partial charge in [0.1, 0.15) is 5.75 Å². The lowest BCUT2D eigenvalue weighted by Gasteiger charge is -2.18. The summed E-state index contributed by atoms with van der Waals surface area (Å²) in [6, 6.07) is 7.57. The first-order chi connectivity index (χ1) is 9.08. The number of anilines is 1. The van der Waals surface area contributed by atoms with Crippen molar-refractivity contribution >= 4 is 11.6 Å². The Kier molecular flexibility index (Phi) is 4.43. The van der Waals surface area contributed by atoms with Gasteiger partial charge in [0.25, 0.3) is 0 Å². The molecule has 1 amide bonds. The van der Waals surface area contributed by atoms with E-state index < -0.39 is 0 Å². The van der Waals surface area contributed by atoms with Crippen molar-refractivity contribution in [1.29, 1.82) is 0 Å². The maximum Gasteiger partial charge on any atom is 0.229 e. The Morgan fingerprint density at radius 2 is 2.11 bits per heavy atom. The van der Waals surface area contributed by atoms with Crippen LogP contribution in [0.2, 0.25) is 0 Å². The average Bonchev–Trinajstić information content (AvgIpc) is 2.77. The van der Waals surface area contributed by atoms with Gasteiger partial charge >= 0.3 is 0 Å². The van der Waals surface area contributed by atoms with E-state index in [1.165, 1.54) is 0 Å². The summed E-state index contributed by atoms with van der Waals surface area (Å²) in [5, 5.41) is 6.23. The number of nitrogens with one attached hydrogen (secondary N) is 2. The number of hydrogen-bond acceptors (Lipinski definition) is 3. The first kappa shape index (κ1) is 13.9. The highest BCUT2D eigenvalue weighted by atomic mass is 16.5. The van der Waals surface area contributed by atoms with Crippen LogP contribution >= 0.6 is 0 Å². The van der Waals surface area contributed by atoms with E-state index in [4.69, 9.17) is 4.74 Å². The summed E-state index contributed by atoms with van der Waals surface area (Å²) in [5.74, 6) is 1.20. The van der Waals surface area contributed by atoms with Crippen molar-refractivity contribution < 1.29 is 9.53 Å². The molecule has 1 aliphatic rings. The highest BCUT2D eigenvalue weighted by Gasteiger charge is 2.29. The number of benzene rings is 1. The minimum Gasteiger partial charge on any atom is -0.489 e. The summed E-state index contributed by atoms with van der Waals surface area (Å²) >= 11 is 0.